The number of benzene rings is 2. The van der Waals surface area contributed by atoms with Gasteiger partial charge in [-0.3, -0.25) is 14.9 Å². The van der Waals surface area contributed by atoms with Crippen LogP contribution in [0.3, 0.4) is 0 Å². The van der Waals surface area contributed by atoms with E-state index in [-0.39, 0.29) is 11.6 Å². The van der Waals surface area contributed by atoms with Crippen molar-refractivity contribution < 1.29 is 14.5 Å². The summed E-state index contributed by atoms with van der Waals surface area (Å²) >= 11 is 0. The number of nitrogens with zero attached hydrogens (tertiary/aromatic N) is 2. The van der Waals surface area contributed by atoms with Crippen LogP contribution in [0, 0.1) is 10.1 Å². The van der Waals surface area contributed by atoms with Crippen molar-refractivity contribution in [2.24, 2.45) is 0 Å². The molecule has 0 aromatic heterocycles. The second-order valence-corrected chi connectivity index (χ2v) is 5.30. The van der Waals surface area contributed by atoms with E-state index in [0.717, 1.165) is 5.56 Å². The standard InChI is InChI=1S/C17H16N2O4/c1-23-16(12-6-3-2-4-7-12)17(20)18-11-10-13-14(18)8-5-9-15(13)19(21)22/h2-9,16H,10-11H2,1H3. The fourth-order valence-corrected chi connectivity index (χ4v) is 2.96. The minimum absolute atomic E-state index is 0.0616. The molecule has 1 atom stereocenters. The molecule has 6 heteroatoms. The number of fused-ring (bicyclic) bond motifs is 1. The lowest BCUT2D eigenvalue weighted by Crippen LogP contribution is -2.34. The molecule has 0 spiro atoms. The van der Waals surface area contributed by atoms with Gasteiger partial charge in [-0.05, 0) is 18.1 Å². The molecule has 0 saturated carbocycles. The number of nitro benzene ring substituents is 1. The Labute approximate surface area is 133 Å². The van der Waals surface area contributed by atoms with E-state index in [9.17, 15) is 14.9 Å². The molecule has 1 aliphatic heterocycles. The molecule has 0 fully saturated rings. The third kappa shape index (κ3) is 2.68. The SMILES string of the molecule is COC(C(=O)N1CCc2c1cccc2[N+](=O)[O-])c1ccccc1. The molecule has 0 radical (unpaired) electrons. The van der Waals surface area contributed by atoms with Crippen LogP contribution < -0.4 is 4.90 Å². The average Bonchev–Trinajstić information content (AvgIpc) is 3.00. The van der Waals surface area contributed by atoms with Crippen LogP contribution in [0.4, 0.5) is 11.4 Å². The number of ether oxygens (including phenoxy) is 1. The topological polar surface area (TPSA) is 72.7 Å². The highest BCUT2D eigenvalue weighted by Crippen LogP contribution is 2.36. The minimum atomic E-state index is -0.721. The summed E-state index contributed by atoms with van der Waals surface area (Å²) in [5.41, 5.74) is 2.03. The first-order valence-electron chi connectivity index (χ1n) is 7.29. The summed E-state index contributed by atoms with van der Waals surface area (Å²) in [7, 11) is 1.49. The Kier molecular flexibility index (Phi) is 4.08. The highest BCUT2D eigenvalue weighted by atomic mass is 16.6. The van der Waals surface area contributed by atoms with Crippen molar-refractivity contribution in [3.63, 3.8) is 0 Å². The minimum Gasteiger partial charge on any atom is -0.367 e. The van der Waals surface area contributed by atoms with Crippen molar-refractivity contribution in [2.75, 3.05) is 18.6 Å². The Morgan fingerprint density at radius 3 is 2.61 bits per heavy atom. The first-order chi connectivity index (χ1) is 11.1. The highest BCUT2D eigenvalue weighted by molar-refractivity contribution is 5.99. The summed E-state index contributed by atoms with van der Waals surface area (Å²) in [5, 5.41) is 11.1. The van der Waals surface area contributed by atoms with E-state index in [0.29, 0.717) is 24.2 Å². The smallest absolute Gasteiger partial charge is 0.274 e. The van der Waals surface area contributed by atoms with E-state index < -0.39 is 11.0 Å². The van der Waals surface area contributed by atoms with Crippen LogP contribution in [-0.2, 0) is 16.0 Å². The van der Waals surface area contributed by atoms with E-state index in [4.69, 9.17) is 4.74 Å². The van der Waals surface area contributed by atoms with Gasteiger partial charge in [0.1, 0.15) is 0 Å². The van der Waals surface area contributed by atoms with Crippen LogP contribution in [-0.4, -0.2) is 24.5 Å². The summed E-state index contributed by atoms with van der Waals surface area (Å²) in [5.74, 6) is -0.210. The molecule has 3 rings (SSSR count). The summed E-state index contributed by atoms with van der Waals surface area (Å²) in [6, 6.07) is 14.0. The van der Waals surface area contributed by atoms with Crippen molar-refractivity contribution in [1.29, 1.82) is 0 Å². The zero-order chi connectivity index (χ0) is 16.4. The summed E-state index contributed by atoms with van der Waals surface area (Å²) in [6.45, 7) is 0.422. The van der Waals surface area contributed by atoms with E-state index in [1.54, 1.807) is 17.0 Å². The third-order valence-electron chi connectivity index (χ3n) is 4.03. The molecule has 1 aliphatic rings. The van der Waals surface area contributed by atoms with Gasteiger partial charge >= 0.3 is 0 Å². The first kappa shape index (κ1) is 15.2. The Hall–Kier alpha value is -2.73. The average molecular weight is 312 g/mol. The predicted molar refractivity (Wildman–Crippen MR) is 85.3 cm³/mol. The van der Waals surface area contributed by atoms with Crippen molar-refractivity contribution >= 4 is 17.3 Å². The van der Waals surface area contributed by atoms with Gasteiger partial charge in [0.2, 0.25) is 0 Å². The molecular formula is C17H16N2O4. The Balaban J connectivity index is 1.94. The maximum atomic E-state index is 12.9. The van der Waals surface area contributed by atoms with Gasteiger partial charge in [-0.25, -0.2) is 0 Å². The molecule has 1 unspecified atom stereocenters. The van der Waals surface area contributed by atoms with E-state index in [1.807, 2.05) is 30.3 Å². The van der Waals surface area contributed by atoms with Gasteiger partial charge in [0.05, 0.1) is 16.2 Å². The third-order valence-corrected chi connectivity index (χ3v) is 4.03. The normalized spacial score (nSPS) is 14.4. The maximum Gasteiger partial charge on any atom is 0.274 e. The number of carbonyl (C=O) groups is 1. The quantitative estimate of drug-likeness (QED) is 0.643. The van der Waals surface area contributed by atoms with Crippen LogP contribution in [0.1, 0.15) is 17.2 Å². The summed E-state index contributed by atoms with van der Waals surface area (Å²) in [4.78, 5) is 25.1. The molecule has 0 aliphatic carbocycles. The monoisotopic (exact) mass is 312 g/mol. The molecule has 1 amide bonds. The molecule has 118 valence electrons. The Morgan fingerprint density at radius 2 is 1.96 bits per heavy atom. The Bertz CT molecular complexity index is 746. The highest BCUT2D eigenvalue weighted by Gasteiger charge is 2.34. The van der Waals surface area contributed by atoms with Crippen LogP contribution in [0.25, 0.3) is 0 Å². The van der Waals surface area contributed by atoms with E-state index in [1.165, 1.54) is 13.2 Å². The van der Waals surface area contributed by atoms with Crippen molar-refractivity contribution in [3.05, 3.63) is 69.8 Å². The number of nitro groups is 1. The van der Waals surface area contributed by atoms with Gasteiger partial charge in [0.15, 0.2) is 6.10 Å². The molecule has 6 nitrogen and oxygen atoms in total. The zero-order valence-corrected chi connectivity index (χ0v) is 12.6. The molecule has 2 aromatic carbocycles. The van der Waals surface area contributed by atoms with Gasteiger partial charge in [0.25, 0.3) is 11.6 Å². The summed E-state index contributed by atoms with van der Waals surface area (Å²) < 4.78 is 5.38. The number of amides is 1. The Morgan fingerprint density at radius 1 is 1.22 bits per heavy atom. The molecule has 0 N–H and O–H groups in total. The maximum absolute atomic E-state index is 12.9. The van der Waals surface area contributed by atoms with Crippen molar-refractivity contribution in [2.45, 2.75) is 12.5 Å². The van der Waals surface area contributed by atoms with Gasteiger partial charge in [-0.15, -0.1) is 0 Å². The van der Waals surface area contributed by atoms with Crippen LogP contribution in [0.15, 0.2) is 48.5 Å². The number of hydrogen-bond acceptors (Lipinski definition) is 4. The van der Waals surface area contributed by atoms with Gasteiger partial charge < -0.3 is 9.64 Å². The number of hydrogen-bond donors (Lipinski definition) is 0. The molecule has 1 heterocycles. The molecule has 0 saturated heterocycles. The van der Waals surface area contributed by atoms with E-state index in [2.05, 4.69) is 0 Å². The molecule has 0 bridgehead atoms. The van der Waals surface area contributed by atoms with E-state index >= 15 is 0 Å². The lowest BCUT2D eigenvalue weighted by Gasteiger charge is -2.23. The molecular weight excluding hydrogens is 296 g/mol. The lowest BCUT2D eigenvalue weighted by molar-refractivity contribution is -0.385. The van der Waals surface area contributed by atoms with Crippen LogP contribution in [0.2, 0.25) is 0 Å². The molecule has 2 aromatic rings. The fraction of sp³-hybridized carbons (Fsp3) is 0.235. The number of methoxy groups -OCH3 is 1. The van der Waals surface area contributed by atoms with Crippen LogP contribution >= 0.6 is 0 Å². The number of anilines is 1. The lowest BCUT2D eigenvalue weighted by atomic mass is 10.1. The zero-order valence-electron chi connectivity index (χ0n) is 12.6. The van der Waals surface area contributed by atoms with Gasteiger partial charge in [-0.1, -0.05) is 36.4 Å². The predicted octanol–water partition coefficient (Wildman–Crippen LogP) is 2.87. The second-order valence-electron chi connectivity index (χ2n) is 5.30. The van der Waals surface area contributed by atoms with Gasteiger partial charge in [0, 0.05) is 19.7 Å². The molecule has 23 heavy (non-hydrogen) atoms. The second kappa shape index (κ2) is 6.18. The van der Waals surface area contributed by atoms with Crippen molar-refractivity contribution in [3.8, 4) is 0 Å². The first-order valence-corrected chi connectivity index (χ1v) is 7.29. The van der Waals surface area contributed by atoms with Crippen LogP contribution in [0.5, 0.6) is 0 Å². The summed E-state index contributed by atoms with van der Waals surface area (Å²) in [6.07, 6.45) is -0.245. The number of carbonyl (C=O) groups excluding carboxylic acids is 1. The number of rotatable bonds is 4. The van der Waals surface area contributed by atoms with Crippen molar-refractivity contribution in [1.82, 2.24) is 0 Å². The fourth-order valence-electron chi connectivity index (χ4n) is 2.96. The van der Waals surface area contributed by atoms with Gasteiger partial charge in [-0.2, -0.15) is 0 Å². The largest absolute Gasteiger partial charge is 0.367 e.